The minimum absolute atomic E-state index is 0.0157. The number of nitrogens with zero attached hydrogens (tertiary/aromatic N) is 4. The summed E-state index contributed by atoms with van der Waals surface area (Å²) in [4.78, 5) is 17.7. The quantitative estimate of drug-likeness (QED) is 0.331. The number of rotatable bonds is 6. The van der Waals surface area contributed by atoms with E-state index in [1.807, 2.05) is 69.3 Å². The summed E-state index contributed by atoms with van der Waals surface area (Å²) in [6, 6.07) is 15.4. The van der Waals surface area contributed by atoms with E-state index in [4.69, 9.17) is 9.40 Å². The first-order chi connectivity index (χ1) is 14.1. The Morgan fingerprint density at radius 2 is 1.86 bits per heavy atom. The van der Waals surface area contributed by atoms with Crippen molar-refractivity contribution in [3.8, 4) is 11.5 Å². The molecule has 0 N–H and O–H groups in total. The Bertz CT molecular complexity index is 1200. The van der Waals surface area contributed by atoms with Crippen molar-refractivity contribution in [1.82, 2.24) is 19.7 Å². The summed E-state index contributed by atoms with van der Waals surface area (Å²) in [5, 5.41) is 9.57. The third kappa shape index (κ3) is 3.96. The van der Waals surface area contributed by atoms with Crippen molar-refractivity contribution in [1.29, 1.82) is 0 Å². The Labute approximate surface area is 173 Å². The molecule has 0 aliphatic rings. The van der Waals surface area contributed by atoms with Gasteiger partial charge in [-0.2, -0.15) is 0 Å². The topological polar surface area (TPSA) is 73.8 Å². The average Bonchev–Trinajstić information content (AvgIpc) is 3.22. The fourth-order valence-electron chi connectivity index (χ4n) is 3.08. The molecule has 6 nitrogen and oxygen atoms in total. The molecule has 0 saturated heterocycles. The van der Waals surface area contributed by atoms with E-state index in [-0.39, 0.29) is 10.8 Å². The summed E-state index contributed by atoms with van der Waals surface area (Å²) < 4.78 is 7.64. The van der Waals surface area contributed by atoms with Gasteiger partial charge in [0.1, 0.15) is 0 Å². The number of fused-ring (bicyclic) bond motifs is 1. The fourth-order valence-corrected chi connectivity index (χ4v) is 4.04. The van der Waals surface area contributed by atoms with Crippen LogP contribution >= 0.6 is 11.8 Å². The molecule has 0 fully saturated rings. The van der Waals surface area contributed by atoms with Gasteiger partial charge in [0.25, 0.3) is 5.56 Å². The van der Waals surface area contributed by atoms with E-state index in [9.17, 15) is 4.79 Å². The van der Waals surface area contributed by atoms with E-state index in [1.165, 1.54) is 17.3 Å². The van der Waals surface area contributed by atoms with Crippen molar-refractivity contribution in [2.75, 3.05) is 0 Å². The predicted molar refractivity (Wildman–Crippen MR) is 115 cm³/mol. The molecule has 0 amide bonds. The van der Waals surface area contributed by atoms with E-state index in [0.717, 1.165) is 12.0 Å². The lowest BCUT2D eigenvalue weighted by molar-refractivity contribution is 0.507. The molecular formula is C22H22N4O2S. The Kier molecular flexibility index (Phi) is 5.49. The van der Waals surface area contributed by atoms with Crippen molar-refractivity contribution in [3.05, 3.63) is 70.3 Å². The summed E-state index contributed by atoms with van der Waals surface area (Å²) in [5.74, 6) is 1.00. The van der Waals surface area contributed by atoms with Crippen molar-refractivity contribution >= 4 is 22.7 Å². The molecule has 0 bridgehead atoms. The molecule has 1 atom stereocenters. The molecule has 4 aromatic rings. The van der Waals surface area contributed by atoms with Crippen LogP contribution in [-0.4, -0.2) is 19.7 Å². The maximum Gasteiger partial charge on any atom is 0.262 e. The molecule has 0 radical (unpaired) electrons. The van der Waals surface area contributed by atoms with Gasteiger partial charge in [-0.25, -0.2) is 4.98 Å². The van der Waals surface area contributed by atoms with Crippen LogP contribution in [0.25, 0.3) is 22.4 Å². The lowest BCUT2D eigenvalue weighted by atomic mass is 10.1. The Hall–Kier alpha value is -2.93. The van der Waals surface area contributed by atoms with Crippen molar-refractivity contribution in [3.63, 3.8) is 0 Å². The average molecular weight is 407 g/mol. The van der Waals surface area contributed by atoms with Gasteiger partial charge in [0.05, 0.1) is 16.2 Å². The summed E-state index contributed by atoms with van der Waals surface area (Å²) in [6.45, 7) is 6.68. The normalized spacial score (nSPS) is 12.4. The maximum atomic E-state index is 12.9. The highest BCUT2D eigenvalue weighted by Gasteiger charge is 2.20. The molecule has 0 saturated carbocycles. The van der Waals surface area contributed by atoms with Gasteiger partial charge in [-0.1, -0.05) is 48.5 Å². The standard InChI is InChI=1S/C22H22N4O2S/c1-4-13-26-21(27)17-7-5-6-8-18(17)23-22(26)29-15(3)19-24-25-20(28-19)16-11-9-14(2)10-12-16/h5-12,15H,4,13H2,1-3H3. The van der Waals surface area contributed by atoms with E-state index in [0.29, 0.717) is 34.4 Å². The molecule has 1 unspecified atom stereocenters. The number of thioether (sulfide) groups is 1. The van der Waals surface area contributed by atoms with Crippen molar-refractivity contribution in [2.45, 2.75) is 44.1 Å². The van der Waals surface area contributed by atoms with Crippen LogP contribution in [-0.2, 0) is 6.54 Å². The van der Waals surface area contributed by atoms with Crippen LogP contribution in [0.2, 0.25) is 0 Å². The van der Waals surface area contributed by atoms with Crippen LogP contribution in [0.5, 0.6) is 0 Å². The highest BCUT2D eigenvalue weighted by atomic mass is 32.2. The minimum atomic E-state index is -0.141. The first-order valence-corrected chi connectivity index (χ1v) is 10.5. The molecular weight excluding hydrogens is 384 g/mol. The van der Waals surface area contributed by atoms with Crippen LogP contribution in [0.1, 0.15) is 37.0 Å². The summed E-state index contributed by atoms with van der Waals surface area (Å²) in [6.07, 6.45) is 0.847. The fraction of sp³-hybridized carbons (Fsp3) is 0.273. The maximum absolute atomic E-state index is 12.9. The summed E-state index contributed by atoms with van der Waals surface area (Å²) >= 11 is 1.46. The number of hydrogen-bond acceptors (Lipinski definition) is 6. The number of para-hydroxylation sites is 1. The van der Waals surface area contributed by atoms with Crippen molar-refractivity contribution in [2.24, 2.45) is 0 Å². The van der Waals surface area contributed by atoms with E-state index < -0.39 is 0 Å². The molecule has 2 aromatic heterocycles. The molecule has 4 rings (SSSR count). The number of aryl methyl sites for hydroxylation is 1. The van der Waals surface area contributed by atoms with Gasteiger partial charge >= 0.3 is 0 Å². The zero-order valence-electron chi connectivity index (χ0n) is 16.6. The van der Waals surface area contributed by atoms with Gasteiger partial charge in [0.15, 0.2) is 5.16 Å². The monoisotopic (exact) mass is 406 g/mol. The molecule has 2 aromatic carbocycles. The van der Waals surface area contributed by atoms with Crippen LogP contribution in [0, 0.1) is 6.92 Å². The zero-order valence-corrected chi connectivity index (χ0v) is 17.4. The van der Waals surface area contributed by atoms with Crippen LogP contribution in [0.4, 0.5) is 0 Å². The molecule has 29 heavy (non-hydrogen) atoms. The molecule has 0 spiro atoms. The van der Waals surface area contributed by atoms with E-state index in [1.54, 1.807) is 4.57 Å². The van der Waals surface area contributed by atoms with Crippen molar-refractivity contribution < 1.29 is 4.42 Å². The SMILES string of the molecule is CCCn1c(SC(C)c2nnc(-c3ccc(C)cc3)o2)nc2ccccc2c1=O. The lowest BCUT2D eigenvalue weighted by Gasteiger charge is -2.14. The van der Waals surface area contributed by atoms with Gasteiger partial charge < -0.3 is 4.42 Å². The van der Waals surface area contributed by atoms with E-state index in [2.05, 4.69) is 10.2 Å². The van der Waals surface area contributed by atoms with Gasteiger partial charge in [-0.05, 0) is 44.5 Å². The summed E-state index contributed by atoms with van der Waals surface area (Å²) in [7, 11) is 0. The van der Waals surface area contributed by atoms with Crippen LogP contribution in [0.15, 0.2) is 62.9 Å². The Morgan fingerprint density at radius 1 is 1.10 bits per heavy atom. The smallest absolute Gasteiger partial charge is 0.262 e. The molecule has 0 aliphatic carbocycles. The van der Waals surface area contributed by atoms with Gasteiger partial charge in [-0.15, -0.1) is 10.2 Å². The third-order valence-electron chi connectivity index (χ3n) is 4.64. The van der Waals surface area contributed by atoms with Crippen LogP contribution < -0.4 is 5.56 Å². The van der Waals surface area contributed by atoms with Crippen LogP contribution in [0.3, 0.4) is 0 Å². The van der Waals surface area contributed by atoms with E-state index >= 15 is 0 Å². The number of aromatic nitrogens is 4. The summed E-state index contributed by atoms with van der Waals surface area (Å²) in [5.41, 5.74) is 2.75. The first-order valence-electron chi connectivity index (χ1n) is 9.63. The second kappa shape index (κ2) is 8.21. The Balaban J connectivity index is 1.65. The van der Waals surface area contributed by atoms with Gasteiger partial charge in [0, 0.05) is 12.1 Å². The lowest BCUT2D eigenvalue weighted by Crippen LogP contribution is -2.23. The minimum Gasteiger partial charge on any atom is -0.419 e. The molecule has 0 aliphatic heterocycles. The zero-order chi connectivity index (χ0) is 20.4. The third-order valence-corrected chi connectivity index (χ3v) is 5.72. The highest BCUT2D eigenvalue weighted by Crippen LogP contribution is 2.34. The predicted octanol–water partition coefficient (Wildman–Crippen LogP) is 5.02. The first kappa shape index (κ1) is 19.4. The second-order valence-electron chi connectivity index (χ2n) is 6.94. The highest BCUT2D eigenvalue weighted by molar-refractivity contribution is 7.99. The molecule has 2 heterocycles. The second-order valence-corrected chi connectivity index (χ2v) is 8.25. The van der Waals surface area contributed by atoms with Gasteiger partial charge in [-0.3, -0.25) is 9.36 Å². The van der Waals surface area contributed by atoms with Gasteiger partial charge in [0.2, 0.25) is 11.8 Å². The number of benzene rings is 2. The Morgan fingerprint density at radius 3 is 2.62 bits per heavy atom. The molecule has 7 heteroatoms. The molecule has 148 valence electrons. The largest absolute Gasteiger partial charge is 0.419 e. The number of hydrogen-bond donors (Lipinski definition) is 0.